The first kappa shape index (κ1) is 11.8. The molecule has 0 rings (SSSR count). The van der Waals surface area contributed by atoms with Crippen molar-refractivity contribution in [2.45, 2.75) is 39.2 Å². The Morgan fingerprint density at radius 1 is 1.54 bits per heavy atom. The number of carbonyl (C=O) groups excluding carboxylic acids is 1. The van der Waals surface area contributed by atoms with Gasteiger partial charge in [-0.1, -0.05) is 0 Å². The van der Waals surface area contributed by atoms with Crippen LogP contribution in [0.2, 0.25) is 0 Å². The summed E-state index contributed by atoms with van der Waals surface area (Å²) in [7, 11) is 0. The van der Waals surface area contributed by atoms with Gasteiger partial charge >= 0.3 is 6.09 Å². The number of ether oxygens (including phenoxy) is 1. The third-order valence-corrected chi connectivity index (χ3v) is 1.36. The molecule has 0 saturated carbocycles. The number of hydrogen-bond donors (Lipinski definition) is 1. The molecule has 0 radical (unpaired) electrons. The van der Waals surface area contributed by atoms with E-state index in [2.05, 4.69) is 11.2 Å². The fourth-order valence-corrected chi connectivity index (χ4v) is 0.798. The molecule has 3 heteroatoms. The van der Waals surface area contributed by atoms with Crippen molar-refractivity contribution in [3.63, 3.8) is 0 Å². The normalized spacial score (nSPS) is 9.38. The lowest BCUT2D eigenvalue weighted by Gasteiger charge is -2.08. The number of terminal acetylenes is 1. The number of nitrogens with one attached hydrogen (secondary N) is 1. The van der Waals surface area contributed by atoms with Crippen molar-refractivity contribution in [1.29, 1.82) is 0 Å². The van der Waals surface area contributed by atoms with Crippen LogP contribution in [0, 0.1) is 12.3 Å². The van der Waals surface area contributed by atoms with Gasteiger partial charge in [-0.2, -0.15) is 0 Å². The minimum Gasteiger partial charge on any atom is -0.447 e. The molecule has 0 aliphatic carbocycles. The van der Waals surface area contributed by atoms with Crippen LogP contribution in [0.25, 0.3) is 0 Å². The molecule has 0 aromatic heterocycles. The highest BCUT2D eigenvalue weighted by molar-refractivity contribution is 5.67. The second-order valence-electron chi connectivity index (χ2n) is 3.04. The average molecular weight is 183 g/mol. The first-order chi connectivity index (χ1) is 6.16. The number of amides is 1. The van der Waals surface area contributed by atoms with Crippen molar-refractivity contribution in [3.05, 3.63) is 0 Å². The quantitative estimate of drug-likeness (QED) is 0.522. The fourth-order valence-electron chi connectivity index (χ4n) is 0.798. The standard InChI is InChI=1S/C10H17NO2/c1-4-5-6-7-8-11-10(12)13-9(2)3/h1,9H,5-8H2,2-3H3,(H,11,12). The van der Waals surface area contributed by atoms with Crippen LogP contribution >= 0.6 is 0 Å². The van der Waals surface area contributed by atoms with Gasteiger partial charge in [-0.05, 0) is 26.7 Å². The molecule has 0 aromatic rings. The largest absolute Gasteiger partial charge is 0.447 e. The zero-order valence-electron chi connectivity index (χ0n) is 8.30. The number of hydrogen-bond acceptors (Lipinski definition) is 2. The molecule has 0 spiro atoms. The number of carbonyl (C=O) groups is 1. The van der Waals surface area contributed by atoms with Gasteiger partial charge in [0.25, 0.3) is 0 Å². The van der Waals surface area contributed by atoms with E-state index in [0.29, 0.717) is 6.54 Å². The Bertz CT molecular complexity index is 182. The third kappa shape index (κ3) is 8.74. The van der Waals surface area contributed by atoms with E-state index < -0.39 is 0 Å². The number of rotatable bonds is 5. The van der Waals surface area contributed by atoms with E-state index in [4.69, 9.17) is 11.2 Å². The molecular weight excluding hydrogens is 166 g/mol. The molecule has 0 heterocycles. The van der Waals surface area contributed by atoms with Crippen LogP contribution in [0.3, 0.4) is 0 Å². The SMILES string of the molecule is C#CCCCCNC(=O)OC(C)C. The van der Waals surface area contributed by atoms with Crippen LogP contribution in [0.1, 0.15) is 33.1 Å². The first-order valence-electron chi connectivity index (χ1n) is 4.54. The number of unbranched alkanes of at least 4 members (excludes halogenated alkanes) is 2. The van der Waals surface area contributed by atoms with Gasteiger partial charge in [-0.25, -0.2) is 4.79 Å². The minimum atomic E-state index is -0.351. The van der Waals surface area contributed by atoms with Crippen LogP contribution in [0.4, 0.5) is 4.79 Å². The van der Waals surface area contributed by atoms with Crippen molar-refractivity contribution >= 4 is 6.09 Å². The van der Waals surface area contributed by atoms with Gasteiger partial charge < -0.3 is 10.1 Å². The lowest BCUT2D eigenvalue weighted by molar-refractivity contribution is 0.115. The van der Waals surface area contributed by atoms with Crippen molar-refractivity contribution in [2.24, 2.45) is 0 Å². The molecule has 0 atom stereocenters. The van der Waals surface area contributed by atoms with E-state index in [0.717, 1.165) is 19.3 Å². The molecule has 0 aliphatic rings. The minimum absolute atomic E-state index is 0.0642. The molecule has 0 aromatic carbocycles. The van der Waals surface area contributed by atoms with E-state index in [-0.39, 0.29) is 12.2 Å². The van der Waals surface area contributed by atoms with Crippen LogP contribution in [0.5, 0.6) is 0 Å². The molecule has 1 amide bonds. The second kappa shape index (κ2) is 7.48. The molecule has 0 bridgehead atoms. The molecule has 1 N–H and O–H groups in total. The van der Waals surface area contributed by atoms with Gasteiger partial charge in [0.15, 0.2) is 0 Å². The summed E-state index contributed by atoms with van der Waals surface area (Å²) in [6.07, 6.45) is 7.27. The maximum absolute atomic E-state index is 10.9. The lowest BCUT2D eigenvalue weighted by Crippen LogP contribution is -2.27. The van der Waals surface area contributed by atoms with Gasteiger partial charge in [0.1, 0.15) is 0 Å². The van der Waals surface area contributed by atoms with Crippen LogP contribution in [-0.2, 0) is 4.74 Å². The van der Waals surface area contributed by atoms with Crippen LogP contribution in [-0.4, -0.2) is 18.7 Å². The van der Waals surface area contributed by atoms with Gasteiger partial charge in [0, 0.05) is 13.0 Å². The Balaban J connectivity index is 3.23. The molecule has 0 saturated heterocycles. The summed E-state index contributed by atoms with van der Waals surface area (Å²) in [6.45, 7) is 4.27. The first-order valence-corrected chi connectivity index (χ1v) is 4.54. The maximum atomic E-state index is 10.9. The van der Waals surface area contributed by atoms with E-state index in [9.17, 15) is 4.79 Å². The van der Waals surface area contributed by atoms with E-state index in [1.54, 1.807) is 0 Å². The highest BCUT2D eigenvalue weighted by Gasteiger charge is 2.02. The van der Waals surface area contributed by atoms with Gasteiger partial charge in [0.2, 0.25) is 0 Å². The highest BCUT2D eigenvalue weighted by atomic mass is 16.6. The summed E-state index contributed by atoms with van der Waals surface area (Å²) in [6, 6.07) is 0. The molecule has 0 unspecified atom stereocenters. The monoisotopic (exact) mass is 183 g/mol. The Hall–Kier alpha value is -1.17. The third-order valence-electron chi connectivity index (χ3n) is 1.36. The van der Waals surface area contributed by atoms with Crippen LogP contribution < -0.4 is 5.32 Å². The Kier molecular flexibility index (Phi) is 6.80. The van der Waals surface area contributed by atoms with Gasteiger partial charge in [-0.15, -0.1) is 12.3 Å². The lowest BCUT2D eigenvalue weighted by atomic mass is 10.2. The second-order valence-corrected chi connectivity index (χ2v) is 3.04. The molecule has 0 fully saturated rings. The molecule has 74 valence electrons. The molecule has 13 heavy (non-hydrogen) atoms. The summed E-state index contributed by atoms with van der Waals surface area (Å²) in [5.41, 5.74) is 0. The van der Waals surface area contributed by atoms with E-state index >= 15 is 0 Å². The average Bonchev–Trinajstić information content (AvgIpc) is 2.02. The zero-order chi connectivity index (χ0) is 10.1. The molecular formula is C10H17NO2. The number of alkyl carbamates (subject to hydrolysis) is 1. The Morgan fingerprint density at radius 3 is 2.77 bits per heavy atom. The van der Waals surface area contributed by atoms with Crippen molar-refractivity contribution in [2.75, 3.05) is 6.54 Å². The van der Waals surface area contributed by atoms with Gasteiger partial charge in [-0.3, -0.25) is 0 Å². The summed E-state index contributed by atoms with van der Waals surface area (Å²) in [4.78, 5) is 10.9. The summed E-state index contributed by atoms with van der Waals surface area (Å²) in [5.74, 6) is 2.54. The highest BCUT2D eigenvalue weighted by Crippen LogP contribution is 1.92. The molecule has 3 nitrogen and oxygen atoms in total. The fraction of sp³-hybridized carbons (Fsp3) is 0.700. The summed E-state index contributed by atoms with van der Waals surface area (Å²) in [5, 5.41) is 2.64. The van der Waals surface area contributed by atoms with Crippen molar-refractivity contribution in [1.82, 2.24) is 5.32 Å². The van der Waals surface area contributed by atoms with Crippen molar-refractivity contribution in [3.8, 4) is 12.3 Å². The Morgan fingerprint density at radius 2 is 2.23 bits per heavy atom. The summed E-state index contributed by atoms with van der Waals surface area (Å²) >= 11 is 0. The summed E-state index contributed by atoms with van der Waals surface area (Å²) < 4.78 is 4.87. The zero-order valence-corrected chi connectivity index (χ0v) is 8.30. The molecule has 0 aliphatic heterocycles. The van der Waals surface area contributed by atoms with Crippen molar-refractivity contribution < 1.29 is 9.53 Å². The Labute approximate surface area is 79.8 Å². The predicted octanol–water partition coefficient (Wildman–Crippen LogP) is 1.92. The van der Waals surface area contributed by atoms with E-state index in [1.807, 2.05) is 13.8 Å². The van der Waals surface area contributed by atoms with Gasteiger partial charge in [0.05, 0.1) is 6.10 Å². The van der Waals surface area contributed by atoms with E-state index in [1.165, 1.54) is 0 Å². The smallest absolute Gasteiger partial charge is 0.407 e. The topological polar surface area (TPSA) is 38.3 Å². The van der Waals surface area contributed by atoms with Crippen LogP contribution in [0.15, 0.2) is 0 Å². The maximum Gasteiger partial charge on any atom is 0.407 e. The predicted molar refractivity (Wildman–Crippen MR) is 52.3 cm³/mol.